The van der Waals surface area contributed by atoms with E-state index in [9.17, 15) is 9.59 Å². The number of H-pyrrole nitrogens is 1. The summed E-state index contributed by atoms with van der Waals surface area (Å²) in [5.41, 5.74) is 6.38. The van der Waals surface area contributed by atoms with E-state index in [1.165, 1.54) is 16.5 Å². The highest BCUT2D eigenvalue weighted by atomic mass is 16.4. The Bertz CT molecular complexity index is 1350. The van der Waals surface area contributed by atoms with Crippen molar-refractivity contribution in [1.82, 2.24) is 10.3 Å². The van der Waals surface area contributed by atoms with E-state index in [4.69, 9.17) is 5.11 Å². The number of hydrogen-bond donors (Lipinski definition) is 3. The van der Waals surface area contributed by atoms with Gasteiger partial charge in [0, 0.05) is 35.1 Å². The summed E-state index contributed by atoms with van der Waals surface area (Å²) in [5, 5.41) is 12.6. The maximum absolute atomic E-state index is 12.4. The molecule has 35 heavy (non-hydrogen) atoms. The normalized spacial score (nSPS) is 13.1. The number of carbonyl (C=O) groups excluding carboxylic acids is 1. The molecule has 4 aromatic rings. The number of carboxylic acids is 1. The van der Waals surface area contributed by atoms with Crippen LogP contribution in [0.2, 0.25) is 0 Å². The fourth-order valence-electron chi connectivity index (χ4n) is 4.65. The first-order valence-corrected chi connectivity index (χ1v) is 11.9. The van der Waals surface area contributed by atoms with Gasteiger partial charge in [0.05, 0.1) is 6.42 Å². The van der Waals surface area contributed by atoms with Gasteiger partial charge in [-0.2, -0.15) is 0 Å². The van der Waals surface area contributed by atoms with E-state index in [2.05, 4.69) is 72.0 Å². The van der Waals surface area contributed by atoms with Gasteiger partial charge in [-0.1, -0.05) is 73.7 Å². The van der Waals surface area contributed by atoms with Crippen molar-refractivity contribution in [1.29, 1.82) is 0 Å². The molecule has 0 aliphatic carbocycles. The molecule has 3 N–H and O–H groups in total. The summed E-state index contributed by atoms with van der Waals surface area (Å²) in [7, 11) is 0. The second kappa shape index (κ2) is 10.9. The van der Waals surface area contributed by atoms with Gasteiger partial charge in [-0.15, -0.1) is 0 Å². The summed E-state index contributed by atoms with van der Waals surface area (Å²) in [4.78, 5) is 26.5. The molecule has 1 amide bonds. The van der Waals surface area contributed by atoms with Crippen molar-refractivity contribution < 1.29 is 14.7 Å². The maximum atomic E-state index is 12.4. The largest absolute Gasteiger partial charge is 0.481 e. The Labute approximate surface area is 205 Å². The van der Waals surface area contributed by atoms with Crippen molar-refractivity contribution in [3.63, 3.8) is 0 Å². The molecule has 1 heterocycles. The van der Waals surface area contributed by atoms with Gasteiger partial charge in [0.25, 0.3) is 5.91 Å². The first kappa shape index (κ1) is 24.0. The number of amides is 1. The monoisotopic (exact) mass is 466 g/mol. The van der Waals surface area contributed by atoms with Crippen molar-refractivity contribution in [2.75, 3.05) is 6.54 Å². The second-order valence-electron chi connectivity index (χ2n) is 8.75. The van der Waals surface area contributed by atoms with E-state index >= 15 is 0 Å². The van der Waals surface area contributed by atoms with Crippen LogP contribution < -0.4 is 5.32 Å². The zero-order valence-electron chi connectivity index (χ0n) is 20.0. The zero-order chi connectivity index (χ0) is 24.8. The topological polar surface area (TPSA) is 82.2 Å². The van der Waals surface area contributed by atoms with Crippen LogP contribution in [0.25, 0.3) is 17.0 Å². The standard InChI is InChI=1S/C30H30N2O3/c1-3-7-21-8-6-9-24(18-21)29(26-19-32-27-11-5-4-10-25(26)27)20(2)22-12-14-23(15-13-22)30(35)31-17-16-28(33)34/h3-15,18-20,29,32H,16-17H2,1-2H3,(H,31,35)(H,33,34)/b7-3+. The number of fused-ring (bicyclic) bond motifs is 1. The Morgan fingerprint density at radius 3 is 2.51 bits per heavy atom. The molecule has 0 aliphatic heterocycles. The minimum absolute atomic E-state index is 0.0978. The summed E-state index contributed by atoms with van der Waals surface area (Å²) >= 11 is 0. The predicted octanol–water partition coefficient (Wildman–Crippen LogP) is 6.34. The van der Waals surface area contributed by atoms with Crippen LogP contribution >= 0.6 is 0 Å². The molecule has 5 heteroatoms. The van der Waals surface area contributed by atoms with E-state index in [1.807, 2.05) is 43.3 Å². The van der Waals surface area contributed by atoms with Gasteiger partial charge < -0.3 is 15.4 Å². The molecule has 1 aromatic heterocycles. The molecule has 0 spiro atoms. The van der Waals surface area contributed by atoms with Crippen molar-refractivity contribution in [3.8, 4) is 0 Å². The van der Waals surface area contributed by atoms with Gasteiger partial charge in [0.15, 0.2) is 0 Å². The highest BCUT2D eigenvalue weighted by molar-refractivity contribution is 5.94. The summed E-state index contributed by atoms with van der Waals surface area (Å²) in [5.74, 6) is -0.959. The van der Waals surface area contributed by atoms with E-state index in [1.54, 1.807) is 0 Å². The van der Waals surface area contributed by atoms with E-state index < -0.39 is 5.97 Å². The molecule has 0 radical (unpaired) electrons. The Balaban J connectivity index is 1.68. The first-order valence-electron chi connectivity index (χ1n) is 11.9. The summed E-state index contributed by atoms with van der Waals surface area (Å²) in [6.07, 6.45) is 6.17. The second-order valence-corrected chi connectivity index (χ2v) is 8.75. The van der Waals surface area contributed by atoms with E-state index in [-0.39, 0.29) is 30.7 Å². The van der Waals surface area contributed by atoms with Crippen LogP contribution in [0.1, 0.15) is 64.7 Å². The van der Waals surface area contributed by atoms with Crippen LogP contribution in [0.3, 0.4) is 0 Å². The molecule has 3 aromatic carbocycles. The number of para-hydroxylation sites is 1. The lowest BCUT2D eigenvalue weighted by Gasteiger charge is -2.26. The Morgan fingerprint density at radius 1 is 1.00 bits per heavy atom. The predicted molar refractivity (Wildman–Crippen MR) is 141 cm³/mol. The first-order chi connectivity index (χ1) is 17.0. The van der Waals surface area contributed by atoms with Gasteiger partial charge >= 0.3 is 5.97 Å². The number of allylic oxidation sites excluding steroid dienone is 1. The van der Waals surface area contributed by atoms with Crippen LogP contribution in [-0.2, 0) is 4.79 Å². The number of carboxylic acid groups (broad SMARTS) is 1. The van der Waals surface area contributed by atoms with Crippen LogP contribution in [0, 0.1) is 0 Å². The van der Waals surface area contributed by atoms with Gasteiger partial charge in [-0.25, -0.2) is 0 Å². The molecule has 0 aliphatic rings. The number of hydrogen-bond acceptors (Lipinski definition) is 2. The van der Waals surface area contributed by atoms with E-state index in [0.717, 1.165) is 16.6 Å². The molecular formula is C30H30N2O3. The van der Waals surface area contributed by atoms with Crippen molar-refractivity contribution in [2.24, 2.45) is 0 Å². The lowest BCUT2D eigenvalue weighted by Crippen LogP contribution is -2.26. The highest BCUT2D eigenvalue weighted by Gasteiger charge is 2.26. The van der Waals surface area contributed by atoms with Crippen LogP contribution in [0.4, 0.5) is 0 Å². The minimum Gasteiger partial charge on any atom is -0.481 e. The third kappa shape index (κ3) is 5.52. The number of carbonyl (C=O) groups is 2. The lowest BCUT2D eigenvalue weighted by atomic mass is 9.77. The summed E-state index contributed by atoms with van der Waals surface area (Å²) < 4.78 is 0. The molecule has 0 fully saturated rings. The molecule has 5 nitrogen and oxygen atoms in total. The fourth-order valence-corrected chi connectivity index (χ4v) is 4.65. The summed E-state index contributed by atoms with van der Waals surface area (Å²) in [6, 6.07) is 24.6. The number of benzene rings is 3. The number of rotatable bonds is 9. The average molecular weight is 467 g/mol. The quantitative estimate of drug-likeness (QED) is 0.269. The number of aliphatic carboxylic acids is 1. The molecule has 2 unspecified atom stereocenters. The Kier molecular flexibility index (Phi) is 7.46. The molecule has 0 saturated carbocycles. The molecular weight excluding hydrogens is 436 g/mol. The van der Waals surface area contributed by atoms with Gasteiger partial charge in [0.1, 0.15) is 0 Å². The fraction of sp³-hybridized carbons (Fsp3) is 0.200. The lowest BCUT2D eigenvalue weighted by molar-refractivity contribution is -0.136. The molecule has 4 rings (SSSR count). The third-order valence-electron chi connectivity index (χ3n) is 6.41. The van der Waals surface area contributed by atoms with Crippen LogP contribution in [0.15, 0.2) is 85.1 Å². The maximum Gasteiger partial charge on any atom is 0.305 e. The molecule has 178 valence electrons. The Morgan fingerprint density at radius 2 is 1.77 bits per heavy atom. The van der Waals surface area contributed by atoms with Crippen molar-refractivity contribution in [3.05, 3.63) is 113 Å². The minimum atomic E-state index is -0.934. The SMILES string of the molecule is C/C=C/c1cccc(C(c2c[nH]c3ccccc23)C(C)c2ccc(C(=O)NCCC(=O)O)cc2)c1. The van der Waals surface area contributed by atoms with Gasteiger partial charge in [0.2, 0.25) is 0 Å². The molecule has 0 bridgehead atoms. The molecule has 2 atom stereocenters. The third-order valence-corrected chi connectivity index (χ3v) is 6.41. The van der Waals surface area contributed by atoms with Crippen molar-refractivity contribution >= 4 is 28.9 Å². The number of nitrogens with one attached hydrogen (secondary N) is 2. The average Bonchev–Trinajstić information content (AvgIpc) is 3.28. The highest BCUT2D eigenvalue weighted by Crippen LogP contribution is 2.41. The van der Waals surface area contributed by atoms with Crippen molar-refractivity contribution in [2.45, 2.75) is 32.1 Å². The zero-order valence-corrected chi connectivity index (χ0v) is 20.0. The number of aromatic nitrogens is 1. The molecule has 0 saturated heterocycles. The summed E-state index contributed by atoms with van der Waals surface area (Å²) in [6.45, 7) is 4.35. The Hall–Kier alpha value is -4.12. The van der Waals surface area contributed by atoms with Gasteiger partial charge in [-0.05, 0) is 53.3 Å². The van der Waals surface area contributed by atoms with Crippen LogP contribution in [-0.4, -0.2) is 28.5 Å². The van der Waals surface area contributed by atoms with Gasteiger partial charge in [-0.3, -0.25) is 9.59 Å². The van der Waals surface area contributed by atoms with E-state index in [0.29, 0.717) is 5.56 Å². The smallest absolute Gasteiger partial charge is 0.305 e. The van der Waals surface area contributed by atoms with Crippen LogP contribution in [0.5, 0.6) is 0 Å². The number of aromatic amines is 1.